The van der Waals surface area contributed by atoms with Crippen molar-refractivity contribution in [2.24, 2.45) is 0 Å². The van der Waals surface area contributed by atoms with Crippen LogP contribution in [0.5, 0.6) is 0 Å². The maximum atomic E-state index is 12.1. The van der Waals surface area contributed by atoms with E-state index in [0.717, 1.165) is 16.6 Å². The first-order chi connectivity index (χ1) is 13.1. The van der Waals surface area contributed by atoms with Gasteiger partial charge in [0.25, 0.3) is 0 Å². The average molecular weight is 381 g/mol. The highest BCUT2D eigenvalue weighted by atomic mass is 32.2. The quantitative estimate of drug-likeness (QED) is 0.369. The number of carbonyl (C=O) groups excluding carboxylic acids is 2. The number of para-hydroxylation sites is 2. The molecule has 3 aromatic rings. The largest absolute Gasteiger partial charge is 0.463 e. The van der Waals surface area contributed by atoms with Crippen molar-refractivity contribution in [1.29, 1.82) is 0 Å². The third-order valence-corrected chi connectivity index (χ3v) is 4.47. The van der Waals surface area contributed by atoms with Gasteiger partial charge in [-0.05, 0) is 42.8 Å². The minimum Gasteiger partial charge on any atom is -0.463 e. The van der Waals surface area contributed by atoms with Crippen LogP contribution in [-0.4, -0.2) is 34.2 Å². The van der Waals surface area contributed by atoms with E-state index in [4.69, 9.17) is 4.74 Å². The van der Waals surface area contributed by atoms with E-state index in [-0.39, 0.29) is 17.6 Å². The normalized spacial score (nSPS) is 11.0. The number of carbonyl (C=O) groups is 2. The zero-order chi connectivity index (χ0) is 19.1. The van der Waals surface area contributed by atoms with E-state index in [0.29, 0.717) is 17.5 Å². The third kappa shape index (κ3) is 5.46. The summed E-state index contributed by atoms with van der Waals surface area (Å²) < 4.78 is 4.83. The fourth-order valence-corrected chi connectivity index (χ4v) is 3.05. The topological polar surface area (TPSA) is 84.1 Å². The van der Waals surface area contributed by atoms with E-state index >= 15 is 0 Å². The standard InChI is InChI=1S/C20H19N3O3S/c1-2-26-19(25)12-9-14-7-10-15(11-8-14)21-18(24)13-27-20-22-16-5-3-4-6-17(16)23-20/h3-12H,2,13H2,1H3,(H,21,24)(H,22,23)/b12-9+. The predicted molar refractivity (Wildman–Crippen MR) is 108 cm³/mol. The highest BCUT2D eigenvalue weighted by Crippen LogP contribution is 2.19. The van der Waals surface area contributed by atoms with Crippen molar-refractivity contribution in [2.75, 3.05) is 17.7 Å². The van der Waals surface area contributed by atoms with Crippen LogP contribution in [0.2, 0.25) is 0 Å². The molecule has 0 saturated heterocycles. The number of benzene rings is 2. The second-order valence-corrected chi connectivity index (χ2v) is 6.57. The van der Waals surface area contributed by atoms with Crippen molar-refractivity contribution in [3.63, 3.8) is 0 Å². The molecule has 0 spiro atoms. The number of aromatic amines is 1. The van der Waals surface area contributed by atoms with Crippen molar-refractivity contribution < 1.29 is 14.3 Å². The molecule has 0 unspecified atom stereocenters. The fourth-order valence-electron chi connectivity index (χ4n) is 2.36. The number of nitrogens with zero attached hydrogens (tertiary/aromatic N) is 1. The molecule has 0 saturated carbocycles. The molecule has 138 valence electrons. The molecule has 0 aliphatic rings. The number of fused-ring (bicyclic) bond motifs is 1. The fraction of sp³-hybridized carbons (Fsp3) is 0.150. The summed E-state index contributed by atoms with van der Waals surface area (Å²) in [5.74, 6) is -0.239. The maximum Gasteiger partial charge on any atom is 0.330 e. The van der Waals surface area contributed by atoms with Crippen LogP contribution in [0.1, 0.15) is 12.5 Å². The van der Waals surface area contributed by atoms with Crippen LogP contribution < -0.4 is 5.32 Å². The molecule has 1 aromatic heterocycles. The Labute approximate surface area is 161 Å². The minimum absolute atomic E-state index is 0.115. The summed E-state index contributed by atoms with van der Waals surface area (Å²) in [4.78, 5) is 31.0. The zero-order valence-corrected chi connectivity index (χ0v) is 15.6. The SMILES string of the molecule is CCOC(=O)/C=C/c1ccc(NC(=O)CSc2nc3ccccc3[nH]2)cc1. The number of anilines is 1. The zero-order valence-electron chi connectivity index (χ0n) is 14.8. The van der Waals surface area contributed by atoms with E-state index in [1.165, 1.54) is 17.8 Å². The number of esters is 1. The van der Waals surface area contributed by atoms with Gasteiger partial charge in [-0.1, -0.05) is 36.0 Å². The van der Waals surface area contributed by atoms with Gasteiger partial charge in [0.1, 0.15) is 0 Å². The number of amides is 1. The number of hydrogen-bond acceptors (Lipinski definition) is 5. The molecule has 0 aliphatic carbocycles. The number of H-pyrrole nitrogens is 1. The van der Waals surface area contributed by atoms with Crippen LogP contribution in [0.15, 0.2) is 59.8 Å². The number of nitrogens with one attached hydrogen (secondary N) is 2. The summed E-state index contributed by atoms with van der Waals surface area (Å²) >= 11 is 1.35. The molecular weight excluding hydrogens is 362 g/mol. The molecule has 1 heterocycles. The van der Waals surface area contributed by atoms with Crippen LogP contribution in [0, 0.1) is 0 Å². The molecule has 0 fully saturated rings. The van der Waals surface area contributed by atoms with Gasteiger partial charge < -0.3 is 15.0 Å². The minimum atomic E-state index is -0.377. The van der Waals surface area contributed by atoms with Gasteiger partial charge in [-0.25, -0.2) is 9.78 Å². The van der Waals surface area contributed by atoms with Gasteiger partial charge in [-0.3, -0.25) is 4.79 Å². The molecule has 2 N–H and O–H groups in total. The Balaban J connectivity index is 1.50. The Hall–Kier alpha value is -3.06. The van der Waals surface area contributed by atoms with E-state index in [9.17, 15) is 9.59 Å². The lowest BCUT2D eigenvalue weighted by Gasteiger charge is -2.04. The first kappa shape index (κ1) is 18.7. The summed E-state index contributed by atoms with van der Waals surface area (Å²) in [6, 6.07) is 14.9. The summed E-state index contributed by atoms with van der Waals surface area (Å²) in [6.45, 7) is 2.11. The van der Waals surface area contributed by atoms with Crippen LogP contribution in [0.4, 0.5) is 5.69 Å². The Morgan fingerprint density at radius 2 is 1.96 bits per heavy atom. The van der Waals surface area contributed by atoms with Crippen LogP contribution >= 0.6 is 11.8 Å². The molecule has 7 heteroatoms. The summed E-state index contributed by atoms with van der Waals surface area (Å²) in [7, 11) is 0. The monoisotopic (exact) mass is 381 g/mol. The molecular formula is C20H19N3O3S. The van der Waals surface area contributed by atoms with E-state index in [1.54, 1.807) is 25.1 Å². The Bertz CT molecular complexity index is 931. The molecule has 0 atom stereocenters. The molecule has 2 aromatic carbocycles. The lowest BCUT2D eigenvalue weighted by atomic mass is 10.2. The Morgan fingerprint density at radius 1 is 1.19 bits per heavy atom. The number of imidazole rings is 1. The van der Waals surface area contributed by atoms with E-state index < -0.39 is 0 Å². The van der Waals surface area contributed by atoms with Gasteiger partial charge in [-0.15, -0.1) is 0 Å². The number of rotatable bonds is 7. The van der Waals surface area contributed by atoms with Crippen molar-refractivity contribution in [1.82, 2.24) is 9.97 Å². The number of hydrogen-bond donors (Lipinski definition) is 2. The van der Waals surface area contributed by atoms with Crippen molar-refractivity contribution in [3.8, 4) is 0 Å². The Morgan fingerprint density at radius 3 is 2.70 bits per heavy atom. The Kier molecular flexibility index (Phi) is 6.27. The van der Waals surface area contributed by atoms with Gasteiger partial charge in [0.05, 0.1) is 23.4 Å². The molecule has 1 amide bonds. The first-order valence-electron chi connectivity index (χ1n) is 8.46. The molecule has 6 nitrogen and oxygen atoms in total. The van der Waals surface area contributed by atoms with Gasteiger partial charge >= 0.3 is 5.97 Å². The second-order valence-electron chi connectivity index (χ2n) is 5.60. The van der Waals surface area contributed by atoms with E-state index in [2.05, 4.69) is 15.3 Å². The van der Waals surface area contributed by atoms with E-state index in [1.807, 2.05) is 36.4 Å². The van der Waals surface area contributed by atoms with Crippen LogP contribution in [0.3, 0.4) is 0 Å². The third-order valence-electron chi connectivity index (χ3n) is 3.60. The summed E-state index contributed by atoms with van der Waals surface area (Å²) in [5.41, 5.74) is 3.37. The lowest BCUT2D eigenvalue weighted by Crippen LogP contribution is -2.14. The van der Waals surface area contributed by atoms with Gasteiger partial charge in [0, 0.05) is 11.8 Å². The second kappa shape index (κ2) is 9.05. The predicted octanol–water partition coefficient (Wildman–Crippen LogP) is 3.87. The number of ether oxygens (including phenoxy) is 1. The van der Waals surface area contributed by atoms with Gasteiger partial charge in [0.2, 0.25) is 5.91 Å². The van der Waals surface area contributed by atoms with Gasteiger partial charge in [-0.2, -0.15) is 0 Å². The molecule has 0 aliphatic heterocycles. The lowest BCUT2D eigenvalue weighted by molar-refractivity contribution is -0.137. The van der Waals surface area contributed by atoms with Crippen LogP contribution in [0.25, 0.3) is 17.1 Å². The molecule has 0 radical (unpaired) electrons. The highest BCUT2D eigenvalue weighted by Gasteiger charge is 2.07. The van der Waals surface area contributed by atoms with Crippen LogP contribution in [-0.2, 0) is 14.3 Å². The maximum absolute atomic E-state index is 12.1. The number of aromatic nitrogens is 2. The molecule has 0 bridgehead atoms. The smallest absolute Gasteiger partial charge is 0.330 e. The van der Waals surface area contributed by atoms with Crippen molar-refractivity contribution in [2.45, 2.75) is 12.1 Å². The first-order valence-corrected chi connectivity index (χ1v) is 9.45. The highest BCUT2D eigenvalue weighted by molar-refractivity contribution is 7.99. The molecule has 27 heavy (non-hydrogen) atoms. The summed E-state index contributed by atoms with van der Waals surface area (Å²) in [5, 5.41) is 3.55. The van der Waals surface area contributed by atoms with Crippen molar-refractivity contribution in [3.05, 3.63) is 60.2 Å². The number of thioether (sulfide) groups is 1. The summed E-state index contributed by atoms with van der Waals surface area (Å²) in [6.07, 6.45) is 3.04. The molecule has 3 rings (SSSR count). The van der Waals surface area contributed by atoms with Gasteiger partial charge in [0.15, 0.2) is 5.16 Å². The average Bonchev–Trinajstić information content (AvgIpc) is 3.09. The van der Waals surface area contributed by atoms with Crippen molar-refractivity contribution >= 4 is 46.4 Å².